The highest BCUT2D eigenvalue weighted by Gasteiger charge is 2.38. The van der Waals surface area contributed by atoms with E-state index in [2.05, 4.69) is 36.5 Å². The maximum Gasteiger partial charge on any atom is 0.276 e. The van der Waals surface area contributed by atoms with Crippen molar-refractivity contribution in [2.75, 3.05) is 6.54 Å². The Balaban J connectivity index is 1.56. The lowest BCUT2D eigenvalue weighted by Crippen LogP contribution is -2.57. The molecule has 5 rings (SSSR count). The van der Waals surface area contributed by atoms with E-state index in [0.29, 0.717) is 17.7 Å². The van der Waals surface area contributed by atoms with Crippen molar-refractivity contribution in [3.8, 4) is 0 Å². The highest BCUT2D eigenvalue weighted by Crippen LogP contribution is 2.35. The molecular weight excluding hydrogens is 449 g/mol. The van der Waals surface area contributed by atoms with Gasteiger partial charge in [-0.05, 0) is 61.4 Å². The van der Waals surface area contributed by atoms with Gasteiger partial charge in [-0.1, -0.05) is 79.9 Å². The van der Waals surface area contributed by atoms with Crippen LogP contribution in [0.15, 0.2) is 83.7 Å². The summed E-state index contributed by atoms with van der Waals surface area (Å²) in [5, 5.41) is 10.4. The molecule has 1 saturated carbocycles. The van der Waals surface area contributed by atoms with E-state index < -0.39 is 5.66 Å². The number of benzene rings is 3. The Morgan fingerprint density at radius 2 is 1.56 bits per heavy atom. The Morgan fingerprint density at radius 3 is 2.28 bits per heavy atom. The van der Waals surface area contributed by atoms with Gasteiger partial charge in [0.25, 0.3) is 5.56 Å². The van der Waals surface area contributed by atoms with Crippen molar-refractivity contribution in [1.29, 1.82) is 0 Å². The molecule has 0 amide bonds. The third kappa shape index (κ3) is 5.12. The lowest BCUT2D eigenvalue weighted by molar-refractivity contribution is 0.0837. The van der Waals surface area contributed by atoms with E-state index >= 15 is 0 Å². The Labute approximate surface area is 212 Å². The molecule has 3 aromatic carbocycles. The average molecular weight is 484 g/mol. The van der Waals surface area contributed by atoms with Gasteiger partial charge in [-0.25, -0.2) is 9.07 Å². The van der Waals surface area contributed by atoms with Crippen LogP contribution in [0.4, 0.5) is 4.39 Å². The van der Waals surface area contributed by atoms with Gasteiger partial charge in [-0.3, -0.25) is 10.1 Å². The highest BCUT2D eigenvalue weighted by atomic mass is 19.1. The summed E-state index contributed by atoms with van der Waals surface area (Å²) < 4.78 is 15.3. The van der Waals surface area contributed by atoms with Crippen molar-refractivity contribution in [3.63, 3.8) is 0 Å². The average Bonchev–Trinajstić information content (AvgIpc) is 2.92. The number of hydrogen-bond acceptors (Lipinski definition) is 3. The first-order valence-electron chi connectivity index (χ1n) is 13.1. The number of rotatable bonds is 8. The highest BCUT2D eigenvalue weighted by molar-refractivity contribution is 5.83. The number of aromatic nitrogens is 2. The van der Waals surface area contributed by atoms with Crippen molar-refractivity contribution in [1.82, 2.24) is 15.1 Å². The van der Waals surface area contributed by atoms with Gasteiger partial charge in [-0.15, -0.1) is 0 Å². The maximum absolute atomic E-state index is 13.9. The Hall–Kier alpha value is -3.31. The minimum Gasteiger partial charge on any atom is -0.293 e. The first-order chi connectivity index (χ1) is 17.5. The van der Waals surface area contributed by atoms with E-state index in [9.17, 15) is 9.18 Å². The molecule has 186 valence electrons. The summed E-state index contributed by atoms with van der Waals surface area (Å²) in [4.78, 5) is 13.9. The van der Waals surface area contributed by atoms with Crippen molar-refractivity contribution < 1.29 is 4.39 Å². The minimum absolute atomic E-state index is 0.0614. The van der Waals surface area contributed by atoms with E-state index in [-0.39, 0.29) is 11.4 Å². The maximum atomic E-state index is 13.9. The van der Waals surface area contributed by atoms with Crippen molar-refractivity contribution in [2.24, 2.45) is 5.92 Å². The molecule has 1 aliphatic rings. The number of fused-ring (bicyclic) bond motifs is 1. The molecule has 0 bridgehead atoms. The lowest BCUT2D eigenvalue weighted by Gasteiger charge is -2.41. The van der Waals surface area contributed by atoms with Crippen LogP contribution in [0.25, 0.3) is 10.8 Å². The number of halogens is 1. The van der Waals surface area contributed by atoms with Gasteiger partial charge >= 0.3 is 0 Å². The lowest BCUT2D eigenvalue weighted by atomic mass is 9.80. The Kier molecular flexibility index (Phi) is 7.28. The standard InChI is InChI=1S/C31H34FN3O/c1-31(25-12-6-3-7-13-25,33-21-20-23-10-4-2-5-11-23)35-30(36)28-15-9-8-14-27(28)29(34-35)22-24-16-18-26(32)19-17-24/h2,4-5,8-11,14-19,25,33H,3,6-7,12-13,20-22H2,1H3. The Morgan fingerprint density at radius 1 is 0.889 bits per heavy atom. The van der Waals surface area contributed by atoms with Crippen LogP contribution in [0.5, 0.6) is 0 Å². The minimum atomic E-state index is -0.603. The summed E-state index contributed by atoms with van der Waals surface area (Å²) in [6.07, 6.45) is 7.15. The Bertz CT molecular complexity index is 1360. The molecule has 5 heteroatoms. The summed E-state index contributed by atoms with van der Waals surface area (Å²) in [5.41, 5.74) is 2.41. The number of nitrogens with one attached hydrogen (secondary N) is 1. The molecule has 1 aliphatic carbocycles. The summed E-state index contributed by atoms with van der Waals surface area (Å²) in [6.45, 7) is 2.91. The first kappa shape index (κ1) is 24.4. The summed E-state index contributed by atoms with van der Waals surface area (Å²) in [7, 11) is 0. The van der Waals surface area contributed by atoms with Gasteiger partial charge < -0.3 is 0 Å². The zero-order valence-electron chi connectivity index (χ0n) is 20.9. The summed E-state index contributed by atoms with van der Waals surface area (Å²) in [5.74, 6) is 0.0566. The van der Waals surface area contributed by atoms with Crippen LogP contribution in [0, 0.1) is 11.7 Å². The predicted molar refractivity (Wildman–Crippen MR) is 144 cm³/mol. The predicted octanol–water partition coefficient (Wildman–Crippen LogP) is 6.21. The van der Waals surface area contributed by atoms with E-state index in [1.165, 1.54) is 37.0 Å². The smallest absolute Gasteiger partial charge is 0.276 e. The third-order valence-electron chi connectivity index (χ3n) is 7.75. The van der Waals surface area contributed by atoms with Crippen molar-refractivity contribution in [2.45, 2.75) is 57.5 Å². The molecule has 1 unspecified atom stereocenters. The summed E-state index contributed by atoms with van der Waals surface area (Å²) in [6, 6.07) is 24.7. The van der Waals surface area contributed by atoms with Gasteiger partial charge in [0.15, 0.2) is 0 Å². The second-order valence-corrected chi connectivity index (χ2v) is 10.2. The fourth-order valence-corrected chi connectivity index (χ4v) is 5.66. The molecule has 0 spiro atoms. The normalized spacial score (nSPS) is 16.2. The van der Waals surface area contributed by atoms with Crippen LogP contribution < -0.4 is 10.9 Å². The van der Waals surface area contributed by atoms with Gasteiger partial charge in [0, 0.05) is 18.4 Å². The molecule has 1 heterocycles. The second kappa shape index (κ2) is 10.8. The number of nitrogens with zero attached hydrogens (tertiary/aromatic N) is 2. The van der Waals surface area contributed by atoms with E-state index in [4.69, 9.17) is 5.10 Å². The molecule has 4 aromatic rings. The molecule has 4 nitrogen and oxygen atoms in total. The van der Waals surface area contributed by atoms with Crippen molar-refractivity contribution >= 4 is 10.8 Å². The quantitative estimate of drug-likeness (QED) is 0.324. The van der Waals surface area contributed by atoms with Gasteiger partial charge in [-0.2, -0.15) is 5.10 Å². The van der Waals surface area contributed by atoms with Crippen LogP contribution in [-0.2, 0) is 18.5 Å². The van der Waals surface area contributed by atoms with Gasteiger partial charge in [0.05, 0.1) is 11.1 Å². The van der Waals surface area contributed by atoms with Crippen LogP contribution in [0.2, 0.25) is 0 Å². The topological polar surface area (TPSA) is 46.9 Å². The molecule has 36 heavy (non-hydrogen) atoms. The second-order valence-electron chi connectivity index (χ2n) is 10.2. The molecule has 0 radical (unpaired) electrons. The van der Waals surface area contributed by atoms with Gasteiger partial charge in [0.2, 0.25) is 0 Å². The molecule has 1 N–H and O–H groups in total. The van der Waals surface area contributed by atoms with Crippen molar-refractivity contribution in [3.05, 3.63) is 112 Å². The summed E-state index contributed by atoms with van der Waals surface area (Å²) >= 11 is 0. The number of hydrogen-bond donors (Lipinski definition) is 1. The molecule has 0 saturated heterocycles. The molecule has 1 atom stereocenters. The van der Waals surface area contributed by atoms with Crippen LogP contribution in [0.1, 0.15) is 55.8 Å². The van der Waals surface area contributed by atoms with E-state index in [0.717, 1.165) is 42.5 Å². The fourth-order valence-electron chi connectivity index (χ4n) is 5.66. The van der Waals surface area contributed by atoms with E-state index in [1.807, 2.05) is 30.3 Å². The van der Waals surface area contributed by atoms with Crippen LogP contribution in [-0.4, -0.2) is 16.3 Å². The molecular formula is C31H34FN3O. The van der Waals surface area contributed by atoms with E-state index in [1.54, 1.807) is 16.8 Å². The van der Waals surface area contributed by atoms with Gasteiger partial charge in [0.1, 0.15) is 11.5 Å². The largest absolute Gasteiger partial charge is 0.293 e. The fraction of sp³-hybridized carbons (Fsp3) is 0.355. The van der Waals surface area contributed by atoms with Crippen LogP contribution >= 0.6 is 0 Å². The SMILES string of the molecule is CC(NCCc1ccccc1)(C1CCCCC1)n1nc(Cc2ccc(F)cc2)c2ccccc2c1=O. The molecule has 1 aromatic heterocycles. The zero-order valence-corrected chi connectivity index (χ0v) is 20.9. The molecule has 1 fully saturated rings. The monoisotopic (exact) mass is 483 g/mol. The third-order valence-corrected chi connectivity index (χ3v) is 7.75. The van der Waals surface area contributed by atoms with Crippen LogP contribution in [0.3, 0.4) is 0 Å². The first-order valence-corrected chi connectivity index (χ1v) is 13.1. The molecule has 0 aliphatic heterocycles. The zero-order chi connectivity index (χ0) is 25.0.